The minimum absolute atomic E-state index is 0.411. The van der Waals surface area contributed by atoms with E-state index in [0.29, 0.717) is 6.54 Å². The van der Waals surface area contributed by atoms with Crippen molar-refractivity contribution < 1.29 is 9.63 Å². The standard InChI is InChI=1S/C11H17N3O2/c1-4-12-10(15)16-14-13-11(3)7-5-9(2)6-8-11/h5-7H,4,8H2,1-3H3,(H,12,15). The molecule has 0 aromatic rings. The maximum Gasteiger partial charge on any atom is 0.434 e. The van der Waals surface area contributed by atoms with E-state index in [4.69, 9.17) is 0 Å². The van der Waals surface area contributed by atoms with Crippen LogP contribution in [0.15, 0.2) is 34.2 Å². The molecule has 5 heteroatoms. The maximum absolute atomic E-state index is 10.9. The van der Waals surface area contributed by atoms with Crippen molar-refractivity contribution >= 4 is 6.09 Å². The minimum Gasteiger partial charge on any atom is -0.320 e. The van der Waals surface area contributed by atoms with Crippen molar-refractivity contribution in [1.29, 1.82) is 0 Å². The fourth-order valence-corrected chi connectivity index (χ4v) is 1.22. The van der Waals surface area contributed by atoms with Gasteiger partial charge in [-0.25, -0.2) is 4.79 Å². The van der Waals surface area contributed by atoms with E-state index in [2.05, 4.69) is 26.6 Å². The normalized spacial score (nSPS) is 24.3. The third-order valence-corrected chi connectivity index (χ3v) is 2.26. The Balaban J connectivity index is 2.45. The molecule has 1 N–H and O–H groups in total. The van der Waals surface area contributed by atoms with Crippen LogP contribution in [-0.4, -0.2) is 18.2 Å². The first-order chi connectivity index (χ1) is 7.56. The van der Waals surface area contributed by atoms with Gasteiger partial charge in [-0.2, -0.15) is 0 Å². The lowest BCUT2D eigenvalue weighted by Gasteiger charge is -2.20. The second-order valence-corrected chi connectivity index (χ2v) is 3.93. The third-order valence-electron chi connectivity index (χ3n) is 2.26. The van der Waals surface area contributed by atoms with Gasteiger partial charge in [-0.3, -0.25) is 4.84 Å². The van der Waals surface area contributed by atoms with Crippen LogP contribution >= 0.6 is 0 Å². The SMILES string of the molecule is CCNC(=O)ON=NC1(C)C=CC(C)=CC1. The number of allylic oxidation sites excluding steroid dienone is 2. The zero-order valence-electron chi connectivity index (χ0n) is 9.86. The predicted molar refractivity (Wildman–Crippen MR) is 60.9 cm³/mol. The van der Waals surface area contributed by atoms with E-state index in [1.807, 2.05) is 26.0 Å². The van der Waals surface area contributed by atoms with E-state index in [1.54, 1.807) is 6.92 Å². The van der Waals surface area contributed by atoms with E-state index in [-0.39, 0.29) is 0 Å². The first-order valence-electron chi connectivity index (χ1n) is 5.29. The molecule has 88 valence electrons. The van der Waals surface area contributed by atoms with Gasteiger partial charge < -0.3 is 5.32 Å². The van der Waals surface area contributed by atoms with Gasteiger partial charge in [0.2, 0.25) is 0 Å². The van der Waals surface area contributed by atoms with Gasteiger partial charge in [0.25, 0.3) is 0 Å². The summed E-state index contributed by atoms with van der Waals surface area (Å²) in [5.41, 5.74) is 0.795. The van der Waals surface area contributed by atoms with Gasteiger partial charge >= 0.3 is 6.09 Å². The van der Waals surface area contributed by atoms with E-state index in [1.165, 1.54) is 5.57 Å². The molecule has 1 amide bonds. The van der Waals surface area contributed by atoms with E-state index in [0.717, 1.165) is 6.42 Å². The van der Waals surface area contributed by atoms with Crippen LogP contribution in [0, 0.1) is 0 Å². The summed E-state index contributed by atoms with van der Waals surface area (Å²) >= 11 is 0. The summed E-state index contributed by atoms with van der Waals surface area (Å²) in [6.45, 7) is 6.26. The molecule has 0 aliphatic heterocycles. The first-order valence-corrected chi connectivity index (χ1v) is 5.29. The Morgan fingerprint density at radius 2 is 2.44 bits per heavy atom. The lowest BCUT2D eigenvalue weighted by atomic mass is 9.92. The van der Waals surface area contributed by atoms with Crippen LogP contribution in [-0.2, 0) is 4.84 Å². The molecule has 0 bridgehead atoms. The summed E-state index contributed by atoms with van der Waals surface area (Å²) < 4.78 is 0. The van der Waals surface area contributed by atoms with Gasteiger partial charge in [0.1, 0.15) is 5.54 Å². The summed E-state index contributed by atoms with van der Waals surface area (Å²) in [7, 11) is 0. The highest BCUT2D eigenvalue weighted by atomic mass is 16.7. The molecule has 1 rings (SSSR count). The molecule has 0 saturated carbocycles. The molecule has 5 nitrogen and oxygen atoms in total. The van der Waals surface area contributed by atoms with Gasteiger partial charge in [0.05, 0.1) is 0 Å². The molecule has 0 spiro atoms. The molecule has 1 aliphatic rings. The Labute approximate surface area is 95.2 Å². The monoisotopic (exact) mass is 223 g/mol. The van der Waals surface area contributed by atoms with Gasteiger partial charge in [-0.1, -0.05) is 23.8 Å². The lowest BCUT2D eigenvalue weighted by Crippen LogP contribution is -2.23. The number of hydrogen-bond acceptors (Lipinski definition) is 4. The van der Waals surface area contributed by atoms with Crippen LogP contribution in [0.25, 0.3) is 0 Å². The number of nitrogens with zero attached hydrogens (tertiary/aromatic N) is 2. The Hall–Kier alpha value is -1.65. The Morgan fingerprint density at radius 1 is 1.69 bits per heavy atom. The lowest BCUT2D eigenvalue weighted by molar-refractivity contribution is 0.137. The Bertz CT molecular complexity index is 347. The predicted octanol–water partition coefficient (Wildman–Crippen LogP) is 2.76. The maximum atomic E-state index is 10.9. The molecule has 1 unspecified atom stereocenters. The van der Waals surface area contributed by atoms with Crippen molar-refractivity contribution in [2.75, 3.05) is 6.54 Å². The van der Waals surface area contributed by atoms with Crippen LogP contribution in [0.2, 0.25) is 0 Å². The Morgan fingerprint density at radius 3 is 3.00 bits per heavy atom. The fourth-order valence-electron chi connectivity index (χ4n) is 1.22. The molecule has 0 heterocycles. The fraction of sp³-hybridized carbons (Fsp3) is 0.545. The Kier molecular flexibility index (Phi) is 4.22. The number of amides is 1. The average Bonchev–Trinajstić information content (AvgIpc) is 2.23. The van der Waals surface area contributed by atoms with Crippen LogP contribution in [0.1, 0.15) is 27.2 Å². The molecule has 16 heavy (non-hydrogen) atoms. The highest BCUT2D eigenvalue weighted by Crippen LogP contribution is 2.24. The van der Waals surface area contributed by atoms with Crippen molar-refractivity contribution in [2.24, 2.45) is 10.4 Å². The highest BCUT2D eigenvalue weighted by molar-refractivity contribution is 5.66. The zero-order chi connectivity index (χ0) is 12.0. The number of hydrogen-bond donors (Lipinski definition) is 1. The van der Waals surface area contributed by atoms with Gasteiger partial charge in [-0.15, -0.1) is 5.11 Å². The summed E-state index contributed by atoms with van der Waals surface area (Å²) in [4.78, 5) is 15.5. The molecule has 0 aromatic heterocycles. The molecule has 1 atom stereocenters. The number of rotatable bonds is 3. The second-order valence-electron chi connectivity index (χ2n) is 3.93. The first kappa shape index (κ1) is 12.4. The number of carbonyl (C=O) groups excluding carboxylic acids is 1. The van der Waals surface area contributed by atoms with Crippen molar-refractivity contribution in [3.8, 4) is 0 Å². The van der Waals surface area contributed by atoms with Gasteiger partial charge in [0.15, 0.2) is 0 Å². The van der Waals surface area contributed by atoms with Crippen molar-refractivity contribution in [3.05, 3.63) is 23.8 Å². The topological polar surface area (TPSA) is 63.0 Å². The molecule has 1 aliphatic carbocycles. The molecule has 0 fully saturated rings. The average molecular weight is 223 g/mol. The summed E-state index contributed by atoms with van der Waals surface area (Å²) in [6.07, 6.45) is 6.19. The van der Waals surface area contributed by atoms with Gasteiger partial charge in [0, 0.05) is 11.8 Å². The van der Waals surface area contributed by atoms with Crippen molar-refractivity contribution in [2.45, 2.75) is 32.7 Å². The summed E-state index contributed by atoms with van der Waals surface area (Å²) in [6, 6.07) is 0. The second kappa shape index (κ2) is 5.44. The largest absolute Gasteiger partial charge is 0.434 e. The van der Waals surface area contributed by atoms with Crippen LogP contribution < -0.4 is 5.32 Å². The van der Waals surface area contributed by atoms with Gasteiger partial charge in [-0.05, 0) is 27.2 Å². The third kappa shape index (κ3) is 3.84. The smallest absolute Gasteiger partial charge is 0.320 e. The number of nitrogens with one attached hydrogen (secondary N) is 1. The molecule has 0 saturated heterocycles. The molecular weight excluding hydrogens is 206 g/mol. The van der Waals surface area contributed by atoms with Crippen molar-refractivity contribution in [3.63, 3.8) is 0 Å². The minimum atomic E-state index is -0.582. The summed E-state index contributed by atoms with van der Waals surface area (Å²) in [5.74, 6) is 0. The van der Waals surface area contributed by atoms with E-state index in [9.17, 15) is 4.79 Å². The van der Waals surface area contributed by atoms with E-state index >= 15 is 0 Å². The molecule has 0 radical (unpaired) electrons. The zero-order valence-corrected chi connectivity index (χ0v) is 9.86. The molecular formula is C11H17N3O2. The van der Waals surface area contributed by atoms with Crippen LogP contribution in [0.5, 0.6) is 0 Å². The van der Waals surface area contributed by atoms with Crippen LogP contribution in [0.4, 0.5) is 4.79 Å². The van der Waals surface area contributed by atoms with Crippen molar-refractivity contribution in [1.82, 2.24) is 5.32 Å². The van der Waals surface area contributed by atoms with E-state index < -0.39 is 11.6 Å². The quantitative estimate of drug-likeness (QED) is 0.590. The molecule has 0 aromatic carbocycles. The highest BCUT2D eigenvalue weighted by Gasteiger charge is 2.21. The van der Waals surface area contributed by atoms with Crippen LogP contribution in [0.3, 0.4) is 0 Å². The summed E-state index contributed by atoms with van der Waals surface area (Å²) in [5, 5.41) is 9.88. The number of carbonyl (C=O) groups is 1.